The summed E-state index contributed by atoms with van der Waals surface area (Å²) in [5.41, 5.74) is 1.50. The number of piperidine rings is 1. The van der Waals surface area contributed by atoms with Crippen LogP contribution in [-0.2, 0) is 0 Å². The minimum atomic E-state index is -0.0763. The SMILES string of the molecule is CC[C@@H]1CCCN(C(=O)Nc2c(N(C)C)ccnc2OC)C1. The van der Waals surface area contributed by atoms with Gasteiger partial charge < -0.3 is 19.9 Å². The monoisotopic (exact) mass is 306 g/mol. The molecule has 1 N–H and O–H groups in total. The molecule has 0 aliphatic carbocycles. The van der Waals surface area contributed by atoms with Crippen LogP contribution in [0.3, 0.4) is 0 Å². The molecule has 0 saturated carbocycles. The highest BCUT2D eigenvalue weighted by Gasteiger charge is 2.24. The van der Waals surface area contributed by atoms with E-state index in [0.717, 1.165) is 31.6 Å². The molecule has 2 heterocycles. The van der Waals surface area contributed by atoms with Crippen molar-refractivity contribution in [3.8, 4) is 5.88 Å². The number of hydrogen-bond acceptors (Lipinski definition) is 4. The molecule has 0 bridgehead atoms. The van der Waals surface area contributed by atoms with Crippen LogP contribution in [0.25, 0.3) is 0 Å². The molecule has 6 nitrogen and oxygen atoms in total. The lowest BCUT2D eigenvalue weighted by molar-refractivity contribution is 0.176. The van der Waals surface area contributed by atoms with Crippen molar-refractivity contribution in [2.45, 2.75) is 26.2 Å². The Morgan fingerprint density at radius 1 is 1.55 bits per heavy atom. The lowest BCUT2D eigenvalue weighted by atomic mass is 9.96. The minimum Gasteiger partial charge on any atom is -0.479 e. The van der Waals surface area contributed by atoms with Gasteiger partial charge >= 0.3 is 6.03 Å². The normalized spacial score (nSPS) is 18.0. The Labute approximate surface area is 132 Å². The summed E-state index contributed by atoms with van der Waals surface area (Å²) in [4.78, 5) is 20.6. The molecule has 0 unspecified atom stereocenters. The maximum absolute atomic E-state index is 12.6. The number of urea groups is 1. The Morgan fingerprint density at radius 3 is 2.95 bits per heavy atom. The highest BCUT2D eigenvalue weighted by Crippen LogP contribution is 2.32. The van der Waals surface area contributed by atoms with Gasteiger partial charge in [0, 0.05) is 33.4 Å². The van der Waals surface area contributed by atoms with Crippen LogP contribution in [-0.4, -0.2) is 50.2 Å². The van der Waals surface area contributed by atoms with Crippen LogP contribution >= 0.6 is 0 Å². The molecule has 6 heteroatoms. The van der Waals surface area contributed by atoms with Crippen molar-refractivity contribution in [3.05, 3.63) is 12.3 Å². The number of hydrogen-bond donors (Lipinski definition) is 1. The number of anilines is 2. The Hall–Kier alpha value is -1.98. The van der Waals surface area contributed by atoms with E-state index < -0.39 is 0 Å². The van der Waals surface area contributed by atoms with Crippen molar-refractivity contribution in [1.82, 2.24) is 9.88 Å². The fraction of sp³-hybridized carbons (Fsp3) is 0.625. The van der Waals surface area contributed by atoms with E-state index in [1.54, 1.807) is 13.3 Å². The Balaban J connectivity index is 2.17. The van der Waals surface area contributed by atoms with Crippen LogP contribution in [0.5, 0.6) is 5.88 Å². The summed E-state index contributed by atoms with van der Waals surface area (Å²) in [5.74, 6) is 1.03. The first-order valence-electron chi connectivity index (χ1n) is 7.83. The van der Waals surface area contributed by atoms with Gasteiger partial charge in [-0.25, -0.2) is 9.78 Å². The molecule has 0 aromatic carbocycles. The van der Waals surface area contributed by atoms with Crippen molar-refractivity contribution in [1.29, 1.82) is 0 Å². The van der Waals surface area contributed by atoms with E-state index in [2.05, 4.69) is 17.2 Å². The smallest absolute Gasteiger partial charge is 0.322 e. The van der Waals surface area contributed by atoms with Gasteiger partial charge in [0.2, 0.25) is 5.88 Å². The number of nitrogens with zero attached hydrogens (tertiary/aromatic N) is 3. The number of methoxy groups -OCH3 is 1. The second kappa shape index (κ2) is 7.33. The van der Waals surface area contributed by atoms with Crippen molar-refractivity contribution < 1.29 is 9.53 Å². The Morgan fingerprint density at radius 2 is 2.32 bits per heavy atom. The third-order valence-electron chi connectivity index (χ3n) is 4.18. The predicted octanol–water partition coefficient (Wildman–Crippen LogP) is 2.81. The number of amides is 2. The molecule has 1 aromatic rings. The van der Waals surface area contributed by atoms with Crippen molar-refractivity contribution in [2.75, 3.05) is 44.5 Å². The van der Waals surface area contributed by atoms with Gasteiger partial charge in [-0.15, -0.1) is 0 Å². The Bertz CT molecular complexity index is 519. The summed E-state index contributed by atoms with van der Waals surface area (Å²) in [7, 11) is 5.42. The maximum atomic E-state index is 12.6. The third kappa shape index (κ3) is 3.61. The highest BCUT2D eigenvalue weighted by atomic mass is 16.5. The Kier molecular flexibility index (Phi) is 5.46. The fourth-order valence-corrected chi connectivity index (χ4v) is 2.85. The second-order valence-electron chi connectivity index (χ2n) is 5.90. The van der Waals surface area contributed by atoms with Gasteiger partial charge in [-0.05, 0) is 24.8 Å². The molecule has 1 fully saturated rings. The van der Waals surface area contributed by atoms with Gasteiger partial charge in [0.25, 0.3) is 0 Å². The average Bonchev–Trinajstić information content (AvgIpc) is 2.54. The van der Waals surface area contributed by atoms with E-state index in [1.165, 1.54) is 6.42 Å². The average molecular weight is 306 g/mol. The molecule has 0 spiro atoms. The molecule has 1 saturated heterocycles. The zero-order chi connectivity index (χ0) is 16.1. The first-order chi connectivity index (χ1) is 10.6. The van der Waals surface area contributed by atoms with Crippen molar-refractivity contribution in [3.63, 3.8) is 0 Å². The molecular formula is C16H26N4O2. The van der Waals surface area contributed by atoms with E-state index in [0.29, 0.717) is 17.5 Å². The predicted molar refractivity (Wildman–Crippen MR) is 88.7 cm³/mol. The number of nitrogens with one attached hydrogen (secondary N) is 1. The van der Waals surface area contributed by atoms with Crippen LogP contribution in [0.15, 0.2) is 12.3 Å². The summed E-state index contributed by atoms with van der Waals surface area (Å²) >= 11 is 0. The van der Waals surface area contributed by atoms with Crippen molar-refractivity contribution >= 4 is 17.4 Å². The molecule has 2 rings (SSSR count). The number of carbonyl (C=O) groups is 1. The number of carbonyl (C=O) groups excluding carboxylic acids is 1. The van der Waals surface area contributed by atoms with Crippen LogP contribution < -0.4 is 15.0 Å². The molecule has 2 amide bonds. The molecule has 1 aliphatic rings. The van der Waals surface area contributed by atoms with Gasteiger partial charge in [-0.2, -0.15) is 0 Å². The van der Waals surface area contributed by atoms with Crippen LogP contribution in [0, 0.1) is 5.92 Å². The fourth-order valence-electron chi connectivity index (χ4n) is 2.85. The van der Waals surface area contributed by atoms with E-state index in [9.17, 15) is 4.79 Å². The largest absolute Gasteiger partial charge is 0.479 e. The highest BCUT2D eigenvalue weighted by molar-refractivity contribution is 5.95. The topological polar surface area (TPSA) is 57.7 Å². The number of ether oxygens (including phenoxy) is 1. The molecular weight excluding hydrogens is 280 g/mol. The molecule has 1 aromatic heterocycles. The van der Waals surface area contributed by atoms with Crippen LogP contribution in [0.1, 0.15) is 26.2 Å². The molecule has 1 aliphatic heterocycles. The molecule has 1 atom stereocenters. The first-order valence-corrected chi connectivity index (χ1v) is 7.83. The van der Waals surface area contributed by atoms with Gasteiger partial charge in [-0.3, -0.25) is 0 Å². The van der Waals surface area contributed by atoms with E-state index in [-0.39, 0.29) is 6.03 Å². The summed E-state index contributed by atoms with van der Waals surface area (Å²) in [6.45, 7) is 3.81. The second-order valence-corrected chi connectivity index (χ2v) is 5.90. The van der Waals surface area contributed by atoms with Gasteiger partial charge in [0.15, 0.2) is 0 Å². The quantitative estimate of drug-likeness (QED) is 0.929. The molecule has 122 valence electrons. The zero-order valence-corrected chi connectivity index (χ0v) is 13.9. The standard InChI is InChI=1S/C16H26N4O2/c1-5-12-7-6-10-20(11-12)16(21)18-14-13(19(2)3)8-9-17-15(14)22-4/h8-9,12H,5-7,10-11H2,1-4H3,(H,18,21)/t12-/m1/s1. The summed E-state index contributed by atoms with van der Waals surface area (Å²) in [5, 5.41) is 2.98. The minimum absolute atomic E-state index is 0.0763. The van der Waals surface area contributed by atoms with Gasteiger partial charge in [0.1, 0.15) is 5.69 Å². The van der Waals surface area contributed by atoms with Crippen molar-refractivity contribution in [2.24, 2.45) is 5.92 Å². The molecule has 0 radical (unpaired) electrons. The summed E-state index contributed by atoms with van der Waals surface area (Å²) in [6.07, 6.45) is 5.07. The molecule has 22 heavy (non-hydrogen) atoms. The number of rotatable bonds is 4. The summed E-state index contributed by atoms with van der Waals surface area (Å²) in [6, 6.07) is 1.79. The van der Waals surface area contributed by atoms with Gasteiger partial charge in [0.05, 0.1) is 12.8 Å². The number of likely N-dealkylation sites (tertiary alicyclic amines) is 1. The third-order valence-corrected chi connectivity index (χ3v) is 4.18. The number of aromatic nitrogens is 1. The lowest BCUT2D eigenvalue weighted by Gasteiger charge is -2.32. The summed E-state index contributed by atoms with van der Waals surface area (Å²) < 4.78 is 5.30. The van der Waals surface area contributed by atoms with E-state index >= 15 is 0 Å². The van der Waals surface area contributed by atoms with Crippen LogP contribution in [0.4, 0.5) is 16.2 Å². The lowest BCUT2D eigenvalue weighted by Crippen LogP contribution is -2.42. The van der Waals surface area contributed by atoms with Gasteiger partial charge in [-0.1, -0.05) is 13.3 Å². The van der Waals surface area contributed by atoms with Crippen LogP contribution in [0.2, 0.25) is 0 Å². The van der Waals surface area contributed by atoms with E-state index in [1.807, 2.05) is 30.0 Å². The first kappa shape index (κ1) is 16.4. The number of pyridine rings is 1. The zero-order valence-electron chi connectivity index (χ0n) is 13.9. The van der Waals surface area contributed by atoms with E-state index in [4.69, 9.17) is 4.74 Å². The maximum Gasteiger partial charge on any atom is 0.322 e.